The topological polar surface area (TPSA) is 102 Å². The summed E-state index contributed by atoms with van der Waals surface area (Å²) in [6.07, 6.45) is 5.06. The maximum atomic E-state index is 12.3. The van der Waals surface area contributed by atoms with E-state index in [0.29, 0.717) is 12.0 Å². The Morgan fingerprint density at radius 3 is 2.63 bits per heavy atom. The summed E-state index contributed by atoms with van der Waals surface area (Å²) in [5.74, 6) is -0.108. The maximum absolute atomic E-state index is 12.3. The summed E-state index contributed by atoms with van der Waals surface area (Å²) in [5, 5.41) is 24.3. The van der Waals surface area contributed by atoms with Crippen LogP contribution in [-0.2, 0) is 11.2 Å². The molecular weight excluding hydrogens is 338 g/mol. The fourth-order valence-electron chi connectivity index (χ4n) is 3.14. The fraction of sp³-hybridized carbons (Fsp3) is 0.333. The smallest absolute Gasteiger partial charge is 0.238 e. The van der Waals surface area contributed by atoms with Crippen LogP contribution in [0, 0.1) is 22.7 Å². The highest BCUT2D eigenvalue weighted by Gasteiger charge is 2.23. The minimum absolute atomic E-state index is 0.108. The Labute approximate surface area is 158 Å². The predicted octanol–water partition coefficient (Wildman–Crippen LogP) is 2.31. The van der Waals surface area contributed by atoms with Crippen molar-refractivity contribution in [2.24, 2.45) is 0 Å². The molecule has 6 heteroatoms. The van der Waals surface area contributed by atoms with Gasteiger partial charge in [0, 0.05) is 18.2 Å². The Morgan fingerprint density at radius 1 is 1.22 bits per heavy atom. The standard InChI is InChI=1S/C21H21N5O/c22-12-15-4-7-17(8-5-15)19-9-6-16(14-25-19)11-18(13-23)26-21(27)20-3-1-2-10-24-20/h4-9,14,18,20,24H,1-3,10-11H2,(H,26,27)/t18-,20-/m0/s1. The molecule has 136 valence electrons. The molecule has 1 aliphatic heterocycles. The quantitative estimate of drug-likeness (QED) is 0.853. The van der Waals surface area contributed by atoms with E-state index >= 15 is 0 Å². The van der Waals surface area contributed by atoms with Crippen molar-refractivity contribution in [2.45, 2.75) is 37.8 Å². The third kappa shape index (κ3) is 4.91. The highest BCUT2D eigenvalue weighted by atomic mass is 16.2. The average molecular weight is 359 g/mol. The van der Waals surface area contributed by atoms with Gasteiger partial charge in [0.05, 0.1) is 29.4 Å². The van der Waals surface area contributed by atoms with Crippen molar-refractivity contribution in [3.8, 4) is 23.4 Å². The molecule has 1 fully saturated rings. The van der Waals surface area contributed by atoms with Crippen LogP contribution in [-0.4, -0.2) is 29.5 Å². The normalized spacial score (nSPS) is 17.3. The zero-order valence-corrected chi connectivity index (χ0v) is 15.0. The van der Waals surface area contributed by atoms with E-state index in [1.165, 1.54) is 0 Å². The van der Waals surface area contributed by atoms with Gasteiger partial charge >= 0.3 is 0 Å². The first-order valence-corrected chi connectivity index (χ1v) is 9.08. The van der Waals surface area contributed by atoms with Crippen LogP contribution in [0.4, 0.5) is 0 Å². The molecular formula is C21H21N5O. The Bertz CT molecular complexity index is 855. The molecule has 0 spiro atoms. The second-order valence-corrected chi connectivity index (χ2v) is 6.64. The van der Waals surface area contributed by atoms with Crippen molar-refractivity contribution >= 4 is 5.91 Å². The molecule has 2 aromatic rings. The lowest BCUT2D eigenvalue weighted by atomic mass is 10.0. The molecule has 0 aliphatic carbocycles. The number of hydrogen-bond donors (Lipinski definition) is 2. The van der Waals surface area contributed by atoms with Crippen LogP contribution in [0.25, 0.3) is 11.3 Å². The second kappa shape index (κ2) is 8.93. The molecule has 1 saturated heterocycles. The number of carbonyl (C=O) groups excluding carboxylic acids is 1. The van der Waals surface area contributed by atoms with Crippen LogP contribution >= 0.6 is 0 Å². The van der Waals surface area contributed by atoms with Crippen LogP contribution in [0.2, 0.25) is 0 Å². The van der Waals surface area contributed by atoms with Crippen LogP contribution in [0.15, 0.2) is 42.6 Å². The van der Waals surface area contributed by atoms with Gasteiger partial charge < -0.3 is 10.6 Å². The lowest BCUT2D eigenvalue weighted by Crippen LogP contribution is -2.49. The summed E-state index contributed by atoms with van der Waals surface area (Å²) in [5.41, 5.74) is 3.22. The third-order valence-corrected chi connectivity index (χ3v) is 4.67. The van der Waals surface area contributed by atoms with Crippen molar-refractivity contribution in [3.63, 3.8) is 0 Å². The zero-order chi connectivity index (χ0) is 19.1. The van der Waals surface area contributed by atoms with Gasteiger partial charge in [0.2, 0.25) is 5.91 Å². The van der Waals surface area contributed by atoms with E-state index in [-0.39, 0.29) is 11.9 Å². The zero-order valence-electron chi connectivity index (χ0n) is 15.0. The Hall–Kier alpha value is -3.22. The molecule has 1 aromatic heterocycles. The predicted molar refractivity (Wildman–Crippen MR) is 101 cm³/mol. The lowest BCUT2D eigenvalue weighted by molar-refractivity contribution is -0.124. The number of amides is 1. The number of rotatable bonds is 5. The molecule has 2 N–H and O–H groups in total. The highest BCUT2D eigenvalue weighted by molar-refractivity contribution is 5.82. The largest absolute Gasteiger partial charge is 0.339 e. The third-order valence-electron chi connectivity index (χ3n) is 4.67. The fourth-order valence-corrected chi connectivity index (χ4v) is 3.14. The summed E-state index contributed by atoms with van der Waals surface area (Å²) >= 11 is 0. The van der Waals surface area contributed by atoms with Gasteiger partial charge in [0.1, 0.15) is 6.04 Å². The molecule has 3 rings (SSSR count). The van der Waals surface area contributed by atoms with Gasteiger partial charge in [-0.05, 0) is 43.1 Å². The number of hydrogen-bond acceptors (Lipinski definition) is 5. The van der Waals surface area contributed by atoms with Gasteiger partial charge in [0.15, 0.2) is 0 Å². The monoisotopic (exact) mass is 359 g/mol. The number of aromatic nitrogens is 1. The number of nitrogens with one attached hydrogen (secondary N) is 2. The molecule has 0 radical (unpaired) electrons. The van der Waals surface area contributed by atoms with E-state index in [0.717, 1.165) is 42.6 Å². The summed E-state index contributed by atoms with van der Waals surface area (Å²) in [4.78, 5) is 16.7. The van der Waals surface area contributed by atoms with E-state index in [1.807, 2.05) is 24.3 Å². The van der Waals surface area contributed by atoms with Crippen LogP contribution < -0.4 is 10.6 Å². The molecule has 1 aliphatic rings. The molecule has 1 amide bonds. The molecule has 0 bridgehead atoms. The van der Waals surface area contributed by atoms with E-state index in [9.17, 15) is 10.1 Å². The number of pyridine rings is 1. The minimum Gasteiger partial charge on any atom is -0.339 e. The van der Waals surface area contributed by atoms with Crippen molar-refractivity contribution in [2.75, 3.05) is 6.54 Å². The van der Waals surface area contributed by atoms with Gasteiger partial charge in [0.25, 0.3) is 0 Å². The number of carbonyl (C=O) groups is 1. The Balaban J connectivity index is 1.61. The van der Waals surface area contributed by atoms with Gasteiger partial charge in [-0.15, -0.1) is 0 Å². The highest BCUT2D eigenvalue weighted by Crippen LogP contribution is 2.18. The van der Waals surface area contributed by atoms with Gasteiger partial charge in [-0.1, -0.05) is 24.6 Å². The van der Waals surface area contributed by atoms with Crippen molar-refractivity contribution in [1.82, 2.24) is 15.6 Å². The summed E-state index contributed by atoms with van der Waals surface area (Å²) in [6, 6.07) is 14.5. The van der Waals surface area contributed by atoms with Crippen LogP contribution in [0.3, 0.4) is 0 Å². The SMILES string of the molecule is N#Cc1ccc(-c2ccc(C[C@@H](C#N)NC(=O)[C@@H]3CCCCN3)cn2)cc1. The first-order chi connectivity index (χ1) is 13.2. The van der Waals surface area contributed by atoms with E-state index in [2.05, 4.69) is 27.8 Å². The van der Waals surface area contributed by atoms with E-state index < -0.39 is 6.04 Å². The molecule has 6 nitrogen and oxygen atoms in total. The molecule has 27 heavy (non-hydrogen) atoms. The van der Waals surface area contributed by atoms with Crippen molar-refractivity contribution in [3.05, 3.63) is 53.7 Å². The molecule has 0 saturated carbocycles. The Kier molecular flexibility index (Phi) is 6.14. The van der Waals surface area contributed by atoms with Gasteiger partial charge in [-0.3, -0.25) is 9.78 Å². The summed E-state index contributed by atoms with van der Waals surface area (Å²) < 4.78 is 0. The molecule has 2 atom stereocenters. The van der Waals surface area contributed by atoms with Gasteiger partial charge in [-0.2, -0.15) is 10.5 Å². The number of nitriles is 2. The van der Waals surface area contributed by atoms with Crippen LogP contribution in [0.5, 0.6) is 0 Å². The lowest BCUT2D eigenvalue weighted by Gasteiger charge is -2.23. The minimum atomic E-state index is -0.580. The summed E-state index contributed by atoms with van der Waals surface area (Å²) in [7, 11) is 0. The molecule has 1 aromatic carbocycles. The second-order valence-electron chi connectivity index (χ2n) is 6.64. The number of piperidine rings is 1. The van der Waals surface area contributed by atoms with Crippen molar-refractivity contribution in [1.29, 1.82) is 10.5 Å². The van der Waals surface area contributed by atoms with Crippen molar-refractivity contribution < 1.29 is 4.79 Å². The molecule has 0 unspecified atom stereocenters. The Morgan fingerprint density at radius 2 is 2.04 bits per heavy atom. The van der Waals surface area contributed by atoms with E-state index in [1.54, 1.807) is 18.3 Å². The van der Waals surface area contributed by atoms with Gasteiger partial charge in [-0.25, -0.2) is 0 Å². The number of benzene rings is 1. The first kappa shape index (κ1) is 18.6. The first-order valence-electron chi connectivity index (χ1n) is 9.08. The van der Waals surface area contributed by atoms with E-state index in [4.69, 9.17) is 5.26 Å². The average Bonchev–Trinajstić information content (AvgIpc) is 2.74. The maximum Gasteiger partial charge on any atom is 0.238 e. The summed E-state index contributed by atoms with van der Waals surface area (Å²) in [6.45, 7) is 0.843. The molecule has 2 heterocycles. The van der Waals surface area contributed by atoms with Crippen LogP contribution in [0.1, 0.15) is 30.4 Å². The number of nitrogens with zero attached hydrogens (tertiary/aromatic N) is 3.